The molecule has 0 amide bonds. The standard InChI is InChI=1S/C21H30O5/c1-3-14-24-19(11-4-5-12-20(22)23-2)17-9-8-10-18(16-17)26-21-13-6-7-15-25-21/h3,8-10,16,19,21H,1,4-7,11-15H2,2H3. The number of hydrogen-bond donors (Lipinski definition) is 0. The second kappa shape index (κ2) is 11.7. The maximum atomic E-state index is 11.2. The van der Waals surface area contributed by atoms with Gasteiger partial charge in [-0.2, -0.15) is 0 Å². The summed E-state index contributed by atoms with van der Waals surface area (Å²) in [7, 11) is 1.42. The Kier molecular flexibility index (Phi) is 9.21. The van der Waals surface area contributed by atoms with Gasteiger partial charge in [0.25, 0.3) is 0 Å². The molecule has 26 heavy (non-hydrogen) atoms. The van der Waals surface area contributed by atoms with Crippen molar-refractivity contribution in [1.29, 1.82) is 0 Å². The molecule has 2 unspecified atom stereocenters. The second-order valence-corrected chi connectivity index (χ2v) is 6.42. The topological polar surface area (TPSA) is 54.0 Å². The van der Waals surface area contributed by atoms with Crippen LogP contribution in [0, 0.1) is 0 Å². The molecule has 2 atom stereocenters. The summed E-state index contributed by atoms with van der Waals surface area (Å²) in [5.41, 5.74) is 1.07. The molecule has 1 saturated heterocycles. The molecule has 144 valence electrons. The molecule has 0 radical (unpaired) electrons. The van der Waals surface area contributed by atoms with E-state index in [1.807, 2.05) is 24.3 Å². The number of benzene rings is 1. The lowest BCUT2D eigenvalue weighted by Gasteiger charge is -2.24. The number of carbonyl (C=O) groups excluding carboxylic acids is 1. The van der Waals surface area contributed by atoms with Crippen molar-refractivity contribution in [2.24, 2.45) is 0 Å². The van der Waals surface area contributed by atoms with Gasteiger partial charge in [0.15, 0.2) is 6.29 Å². The molecule has 1 heterocycles. The van der Waals surface area contributed by atoms with Gasteiger partial charge in [-0.05, 0) is 49.8 Å². The van der Waals surface area contributed by atoms with Crippen molar-refractivity contribution in [1.82, 2.24) is 0 Å². The average molecular weight is 362 g/mol. The Morgan fingerprint density at radius 1 is 1.38 bits per heavy atom. The predicted molar refractivity (Wildman–Crippen MR) is 100 cm³/mol. The van der Waals surface area contributed by atoms with Crippen LogP contribution in [0.3, 0.4) is 0 Å². The van der Waals surface area contributed by atoms with Gasteiger partial charge in [-0.15, -0.1) is 6.58 Å². The van der Waals surface area contributed by atoms with Gasteiger partial charge in [0.05, 0.1) is 26.4 Å². The Hall–Kier alpha value is -1.85. The molecule has 1 fully saturated rings. The van der Waals surface area contributed by atoms with Crippen LogP contribution in [0.5, 0.6) is 5.75 Å². The van der Waals surface area contributed by atoms with Crippen LogP contribution in [0.4, 0.5) is 0 Å². The minimum atomic E-state index is -0.170. The lowest BCUT2D eigenvalue weighted by Crippen LogP contribution is -2.25. The van der Waals surface area contributed by atoms with Crippen molar-refractivity contribution >= 4 is 5.97 Å². The summed E-state index contributed by atoms with van der Waals surface area (Å²) in [6, 6.07) is 7.99. The van der Waals surface area contributed by atoms with Crippen molar-refractivity contribution in [3.05, 3.63) is 42.5 Å². The summed E-state index contributed by atoms with van der Waals surface area (Å²) >= 11 is 0. The predicted octanol–water partition coefficient (Wildman–Crippen LogP) is 4.57. The van der Waals surface area contributed by atoms with E-state index in [9.17, 15) is 4.79 Å². The molecule has 1 aromatic rings. The normalized spacial score (nSPS) is 18.1. The van der Waals surface area contributed by atoms with Crippen molar-refractivity contribution in [3.63, 3.8) is 0 Å². The van der Waals surface area contributed by atoms with Crippen LogP contribution in [0.15, 0.2) is 36.9 Å². The van der Waals surface area contributed by atoms with E-state index < -0.39 is 0 Å². The lowest BCUT2D eigenvalue weighted by molar-refractivity contribution is -0.140. The number of hydrogen-bond acceptors (Lipinski definition) is 5. The van der Waals surface area contributed by atoms with Crippen LogP contribution in [-0.2, 0) is 19.0 Å². The number of carbonyl (C=O) groups is 1. The third-order valence-corrected chi connectivity index (χ3v) is 4.38. The van der Waals surface area contributed by atoms with Gasteiger partial charge < -0.3 is 18.9 Å². The fraction of sp³-hybridized carbons (Fsp3) is 0.571. The first kappa shape index (κ1) is 20.5. The van der Waals surface area contributed by atoms with E-state index >= 15 is 0 Å². The summed E-state index contributed by atoms with van der Waals surface area (Å²) in [6.45, 7) is 4.97. The van der Waals surface area contributed by atoms with Gasteiger partial charge in [0.2, 0.25) is 0 Å². The molecular weight excluding hydrogens is 332 g/mol. The molecule has 1 aromatic carbocycles. The molecule has 2 rings (SSSR count). The SMILES string of the molecule is C=CCOC(CCCCC(=O)OC)c1cccc(OC2CCCCO2)c1. The number of ether oxygens (including phenoxy) is 4. The van der Waals surface area contributed by atoms with Gasteiger partial charge in [-0.1, -0.05) is 18.2 Å². The van der Waals surface area contributed by atoms with Crippen LogP contribution in [0.1, 0.15) is 56.6 Å². The molecule has 0 N–H and O–H groups in total. The Labute approximate surface area is 156 Å². The molecule has 0 aliphatic carbocycles. The van der Waals surface area contributed by atoms with Crippen molar-refractivity contribution in [2.75, 3.05) is 20.3 Å². The van der Waals surface area contributed by atoms with Crippen molar-refractivity contribution < 1.29 is 23.7 Å². The number of methoxy groups -OCH3 is 1. The van der Waals surface area contributed by atoms with E-state index in [1.54, 1.807) is 6.08 Å². The highest BCUT2D eigenvalue weighted by molar-refractivity contribution is 5.68. The second-order valence-electron chi connectivity index (χ2n) is 6.42. The highest BCUT2D eigenvalue weighted by atomic mass is 16.7. The highest BCUT2D eigenvalue weighted by Crippen LogP contribution is 2.28. The summed E-state index contributed by atoms with van der Waals surface area (Å²) < 4.78 is 22.2. The molecule has 0 bridgehead atoms. The van der Waals surface area contributed by atoms with Gasteiger partial charge in [0.1, 0.15) is 5.75 Å². The minimum Gasteiger partial charge on any atom is -0.469 e. The van der Waals surface area contributed by atoms with Crippen LogP contribution < -0.4 is 4.74 Å². The zero-order chi connectivity index (χ0) is 18.6. The molecule has 0 saturated carbocycles. The largest absolute Gasteiger partial charge is 0.469 e. The van der Waals surface area contributed by atoms with Crippen LogP contribution in [0.25, 0.3) is 0 Å². The fourth-order valence-electron chi connectivity index (χ4n) is 2.98. The molecule has 5 nitrogen and oxygen atoms in total. The Bertz CT molecular complexity index is 551. The fourth-order valence-corrected chi connectivity index (χ4v) is 2.98. The first-order valence-corrected chi connectivity index (χ1v) is 9.40. The smallest absolute Gasteiger partial charge is 0.305 e. The molecule has 0 spiro atoms. The average Bonchev–Trinajstić information content (AvgIpc) is 2.68. The highest BCUT2D eigenvalue weighted by Gasteiger charge is 2.17. The third-order valence-electron chi connectivity index (χ3n) is 4.38. The monoisotopic (exact) mass is 362 g/mol. The Morgan fingerprint density at radius 3 is 3.00 bits per heavy atom. The van der Waals surface area contributed by atoms with Gasteiger partial charge in [-0.3, -0.25) is 4.79 Å². The van der Waals surface area contributed by atoms with E-state index in [0.29, 0.717) is 13.0 Å². The van der Waals surface area contributed by atoms with Crippen LogP contribution in [0.2, 0.25) is 0 Å². The zero-order valence-electron chi connectivity index (χ0n) is 15.7. The summed E-state index contributed by atoms with van der Waals surface area (Å²) in [5, 5.41) is 0. The number of rotatable bonds is 11. The molecule has 0 aromatic heterocycles. The molecule has 1 aliphatic heterocycles. The van der Waals surface area contributed by atoms with Gasteiger partial charge >= 0.3 is 5.97 Å². The Morgan fingerprint density at radius 2 is 2.27 bits per heavy atom. The Balaban J connectivity index is 1.93. The quantitative estimate of drug-likeness (QED) is 0.328. The van der Waals surface area contributed by atoms with Crippen molar-refractivity contribution in [3.8, 4) is 5.75 Å². The minimum absolute atomic E-state index is 0.0542. The first-order valence-electron chi connectivity index (χ1n) is 9.40. The third kappa shape index (κ3) is 7.18. The van der Waals surface area contributed by atoms with E-state index in [-0.39, 0.29) is 18.4 Å². The van der Waals surface area contributed by atoms with E-state index in [1.165, 1.54) is 7.11 Å². The first-order chi connectivity index (χ1) is 12.7. The molecule has 5 heteroatoms. The number of unbranched alkanes of at least 4 members (excludes halogenated alkanes) is 1. The van der Waals surface area contributed by atoms with E-state index in [4.69, 9.17) is 14.2 Å². The van der Waals surface area contributed by atoms with Gasteiger partial charge in [0, 0.05) is 12.8 Å². The zero-order valence-corrected chi connectivity index (χ0v) is 15.7. The van der Waals surface area contributed by atoms with Gasteiger partial charge in [-0.25, -0.2) is 0 Å². The van der Waals surface area contributed by atoms with E-state index in [0.717, 1.165) is 56.4 Å². The van der Waals surface area contributed by atoms with Crippen LogP contribution in [-0.4, -0.2) is 32.6 Å². The summed E-state index contributed by atoms with van der Waals surface area (Å²) in [5.74, 6) is 0.632. The maximum absolute atomic E-state index is 11.2. The summed E-state index contributed by atoms with van der Waals surface area (Å²) in [6.07, 6.45) is 7.62. The number of esters is 1. The molecule has 1 aliphatic rings. The maximum Gasteiger partial charge on any atom is 0.305 e. The lowest BCUT2D eigenvalue weighted by atomic mass is 10.0. The van der Waals surface area contributed by atoms with Crippen LogP contribution >= 0.6 is 0 Å². The van der Waals surface area contributed by atoms with E-state index in [2.05, 4.69) is 11.3 Å². The van der Waals surface area contributed by atoms with Crippen molar-refractivity contribution in [2.45, 2.75) is 57.3 Å². The summed E-state index contributed by atoms with van der Waals surface area (Å²) in [4.78, 5) is 11.2. The molecular formula is C21H30O5.